The number of alkyl halides is 3. The van der Waals surface area contributed by atoms with E-state index in [1.54, 1.807) is 24.3 Å². The summed E-state index contributed by atoms with van der Waals surface area (Å²) in [6.45, 7) is 8.78. The highest BCUT2D eigenvalue weighted by atomic mass is 127. The maximum Gasteiger partial charge on any atom is 0.416 e. The van der Waals surface area contributed by atoms with Gasteiger partial charge in [0.05, 0.1) is 23.8 Å². The fourth-order valence-corrected chi connectivity index (χ4v) is 3.20. The van der Waals surface area contributed by atoms with E-state index in [-0.39, 0.29) is 30.0 Å². The second-order valence-electron chi connectivity index (χ2n) is 5.93. The van der Waals surface area contributed by atoms with Crippen LogP contribution < -0.4 is 10.6 Å². The molecule has 0 saturated carbocycles. The van der Waals surface area contributed by atoms with Gasteiger partial charge in [-0.15, -0.1) is 35.3 Å². The minimum atomic E-state index is -4.35. The van der Waals surface area contributed by atoms with Crippen LogP contribution in [0.3, 0.4) is 0 Å². The predicted octanol–water partition coefficient (Wildman–Crippen LogP) is 5.21. The largest absolute Gasteiger partial charge is 0.416 e. The first-order chi connectivity index (χ1) is 12.2. The molecule has 1 unspecified atom stereocenters. The van der Waals surface area contributed by atoms with Crippen LogP contribution in [0, 0.1) is 13.8 Å². The number of aromatic nitrogens is 1. The molecule has 2 rings (SSSR count). The van der Waals surface area contributed by atoms with E-state index in [1.807, 2.05) is 20.8 Å². The molecule has 0 aliphatic carbocycles. The lowest BCUT2D eigenvalue weighted by atomic mass is 10.1. The second kappa shape index (κ2) is 10.3. The lowest BCUT2D eigenvalue weighted by molar-refractivity contribution is -0.137. The number of thiazole rings is 1. The number of hydrogen-bond acceptors (Lipinski definition) is 3. The normalized spacial score (nSPS) is 13.1. The molecule has 9 heteroatoms. The number of halogens is 4. The van der Waals surface area contributed by atoms with Crippen LogP contribution in [0.15, 0.2) is 29.3 Å². The van der Waals surface area contributed by atoms with Crippen molar-refractivity contribution in [1.82, 2.24) is 15.6 Å². The molecule has 4 nitrogen and oxygen atoms in total. The SMILES string of the molecule is CCNC(=NCc1nc(C)c(C)s1)NC(C)c1cccc(C(F)(F)F)c1.I. The lowest BCUT2D eigenvalue weighted by Gasteiger charge is -2.19. The smallest absolute Gasteiger partial charge is 0.357 e. The van der Waals surface area contributed by atoms with Crippen molar-refractivity contribution in [3.05, 3.63) is 51.0 Å². The van der Waals surface area contributed by atoms with Gasteiger partial charge in [-0.25, -0.2) is 9.98 Å². The average molecular weight is 512 g/mol. The van der Waals surface area contributed by atoms with Crippen LogP contribution in [-0.4, -0.2) is 17.5 Å². The summed E-state index contributed by atoms with van der Waals surface area (Å²) >= 11 is 1.60. The molecule has 0 spiro atoms. The predicted molar refractivity (Wildman–Crippen MR) is 115 cm³/mol. The molecule has 1 aromatic heterocycles. The van der Waals surface area contributed by atoms with E-state index < -0.39 is 11.7 Å². The third-order valence-electron chi connectivity index (χ3n) is 3.86. The Hall–Kier alpha value is -1.36. The molecule has 0 radical (unpaired) electrons. The van der Waals surface area contributed by atoms with Crippen molar-refractivity contribution < 1.29 is 13.2 Å². The molecule has 0 aliphatic heterocycles. The highest BCUT2D eigenvalue weighted by molar-refractivity contribution is 14.0. The van der Waals surface area contributed by atoms with Gasteiger partial charge in [0.1, 0.15) is 5.01 Å². The van der Waals surface area contributed by atoms with Crippen molar-refractivity contribution in [2.45, 2.75) is 46.5 Å². The van der Waals surface area contributed by atoms with Gasteiger partial charge in [-0.1, -0.05) is 12.1 Å². The number of nitrogens with zero attached hydrogens (tertiary/aromatic N) is 2. The molecule has 0 saturated heterocycles. The van der Waals surface area contributed by atoms with E-state index in [9.17, 15) is 13.2 Å². The molecule has 0 bridgehead atoms. The molecule has 27 heavy (non-hydrogen) atoms. The molecule has 150 valence electrons. The van der Waals surface area contributed by atoms with Gasteiger partial charge < -0.3 is 10.6 Å². The zero-order valence-corrected chi connectivity index (χ0v) is 18.8. The summed E-state index contributed by atoms with van der Waals surface area (Å²) in [5, 5.41) is 7.17. The third kappa shape index (κ3) is 6.95. The van der Waals surface area contributed by atoms with Crippen LogP contribution in [0.2, 0.25) is 0 Å². The maximum absolute atomic E-state index is 12.9. The molecule has 1 atom stereocenters. The Bertz CT molecular complexity index is 755. The van der Waals surface area contributed by atoms with Crippen LogP contribution in [-0.2, 0) is 12.7 Å². The Morgan fingerprint density at radius 3 is 2.56 bits per heavy atom. The monoisotopic (exact) mass is 512 g/mol. The molecular formula is C18H24F3IN4S. The minimum absolute atomic E-state index is 0. The number of nitrogens with one attached hydrogen (secondary N) is 2. The van der Waals surface area contributed by atoms with E-state index >= 15 is 0 Å². The van der Waals surface area contributed by atoms with Crippen molar-refractivity contribution >= 4 is 41.3 Å². The first kappa shape index (κ1) is 23.7. The summed E-state index contributed by atoms with van der Waals surface area (Å²) in [6.07, 6.45) is -4.35. The van der Waals surface area contributed by atoms with Crippen LogP contribution in [0.25, 0.3) is 0 Å². The Labute approximate surface area is 178 Å². The van der Waals surface area contributed by atoms with Gasteiger partial charge in [0.15, 0.2) is 5.96 Å². The highest BCUT2D eigenvalue weighted by Gasteiger charge is 2.30. The zero-order chi connectivity index (χ0) is 19.3. The number of hydrogen-bond donors (Lipinski definition) is 2. The highest BCUT2D eigenvalue weighted by Crippen LogP contribution is 2.30. The van der Waals surface area contributed by atoms with E-state index in [1.165, 1.54) is 6.07 Å². The zero-order valence-electron chi connectivity index (χ0n) is 15.6. The molecule has 2 N–H and O–H groups in total. The maximum atomic E-state index is 12.9. The van der Waals surface area contributed by atoms with Gasteiger partial charge in [-0.2, -0.15) is 13.2 Å². The van der Waals surface area contributed by atoms with Gasteiger partial charge in [0.25, 0.3) is 0 Å². The molecule has 1 aromatic carbocycles. The number of benzene rings is 1. The molecular weight excluding hydrogens is 488 g/mol. The summed E-state index contributed by atoms with van der Waals surface area (Å²) in [5.74, 6) is 0.544. The summed E-state index contributed by atoms with van der Waals surface area (Å²) in [5.41, 5.74) is 0.890. The summed E-state index contributed by atoms with van der Waals surface area (Å²) in [6, 6.07) is 5.00. The Kier molecular flexibility index (Phi) is 9.00. The molecule has 2 aromatic rings. The summed E-state index contributed by atoms with van der Waals surface area (Å²) < 4.78 is 38.7. The van der Waals surface area contributed by atoms with Gasteiger partial charge in [-0.05, 0) is 45.4 Å². The van der Waals surface area contributed by atoms with E-state index in [0.717, 1.165) is 27.7 Å². The first-order valence-electron chi connectivity index (χ1n) is 8.35. The quantitative estimate of drug-likeness (QED) is 0.329. The minimum Gasteiger partial charge on any atom is -0.357 e. The number of rotatable bonds is 5. The van der Waals surface area contributed by atoms with E-state index in [0.29, 0.717) is 24.6 Å². The molecule has 0 amide bonds. The standard InChI is InChI=1S/C18H23F3N4S.HI/c1-5-22-17(23-10-16-24-11(2)13(4)26-16)25-12(3)14-7-6-8-15(9-14)18(19,20)21;/h6-9,12H,5,10H2,1-4H3,(H2,22,23,25);1H. The van der Waals surface area contributed by atoms with Gasteiger partial charge in [-0.3, -0.25) is 0 Å². The number of guanidine groups is 1. The molecule has 1 heterocycles. The van der Waals surface area contributed by atoms with Gasteiger partial charge in [0.2, 0.25) is 0 Å². The molecule has 0 fully saturated rings. The van der Waals surface area contributed by atoms with E-state index in [4.69, 9.17) is 0 Å². The summed E-state index contributed by atoms with van der Waals surface area (Å²) in [7, 11) is 0. The van der Waals surface area contributed by atoms with Crippen LogP contribution >= 0.6 is 35.3 Å². The van der Waals surface area contributed by atoms with Crippen LogP contribution in [0.4, 0.5) is 13.2 Å². The Morgan fingerprint density at radius 1 is 1.30 bits per heavy atom. The number of aryl methyl sites for hydroxylation is 2. The Morgan fingerprint density at radius 2 is 2.00 bits per heavy atom. The number of aliphatic imine (C=N–C) groups is 1. The van der Waals surface area contributed by atoms with Crippen molar-refractivity contribution in [3.8, 4) is 0 Å². The van der Waals surface area contributed by atoms with Crippen molar-refractivity contribution in [1.29, 1.82) is 0 Å². The molecule has 0 aliphatic rings. The Balaban J connectivity index is 0.00000364. The van der Waals surface area contributed by atoms with Gasteiger partial charge in [0, 0.05) is 11.4 Å². The van der Waals surface area contributed by atoms with Crippen molar-refractivity contribution in [3.63, 3.8) is 0 Å². The van der Waals surface area contributed by atoms with Crippen molar-refractivity contribution in [2.75, 3.05) is 6.54 Å². The first-order valence-corrected chi connectivity index (χ1v) is 9.17. The third-order valence-corrected chi connectivity index (χ3v) is 4.91. The topological polar surface area (TPSA) is 49.3 Å². The van der Waals surface area contributed by atoms with E-state index in [2.05, 4.69) is 20.6 Å². The summed E-state index contributed by atoms with van der Waals surface area (Å²) in [4.78, 5) is 10.1. The average Bonchev–Trinajstić information content (AvgIpc) is 2.90. The van der Waals surface area contributed by atoms with Crippen LogP contribution in [0.5, 0.6) is 0 Å². The fourth-order valence-electron chi connectivity index (χ4n) is 2.35. The van der Waals surface area contributed by atoms with Crippen molar-refractivity contribution in [2.24, 2.45) is 4.99 Å². The lowest BCUT2D eigenvalue weighted by Crippen LogP contribution is -2.38. The second-order valence-corrected chi connectivity index (χ2v) is 7.22. The van der Waals surface area contributed by atoms with Crippen LogP contribution in [0.1, 0.15) is 46.6 Å². The fraction of sp³-hybridized carbons (Fsp3) is 0.444. The van der Waals surface area contributed by atoms with Gasteiger partial charge >= 0.3 is 6.18 Å².